The van der Waals surface area contributed by atoms with E-state index in [0.717, 1.165) is 24.8 Å². The van der Waals surface area contributed by atoms with E-state index in [0.29, 0.717) is 10.8 Å². The monoisotopic (exact) mass is 296 g/mol. The smallest absolute Gasteiger partial charge is 0.307 e. The van der Waals surface area contributed by atoms with Gasteiger partial charge in [-0.3, -0.25) is 4.79 Å². The van der Waals surface area contributed by atoms with Crippen LogP contribution >= 0.6 is 11.6 Å². The van der Waals surface area contributed by atoms with Crippen LogP contribution in [0.3, 0.4) is 0 Å². The Labute approximate surface area is 124 Å². The van der Waals surface area contributed by atoms with E-state index in [1.807, 2.05) is 12.1 Å². The lowest BCUT2D eigenvalue weighted by Gasteiger charge is -2.39. The zero-order chi connectivity index (χ0) is 14.9. The molecule has 0 bridgehead atoms. The molecule has 1 aromatic rings. The highest BCUT2D eigenvalue weighted by Crippen LogP contribution is 2.47. The Morgan fingerprint density at radius 2 is 2.15 bits per heavy atom. The molecule has 2 atom stereocenters. The van der Waals surface area contributed by atoms with Crippen LogP contribution in [0, 0.1) is 11.3 Å². The topological polar surface area (TPSA) is 46.5 Å². The number of rotatable bonds is 3. The summed E-state index contributed by atoms with van der Waals surface area (Å²) in [6.07, 6.45) is 2.54. The summed E-state index contributed by atoms with van der Waals surface area (Å²) < 4.78 is 5.24. The summed E-state index contributed by atoms with van der Waals surface area (Å²) in [5.74, 6) is -0.410. The molecule has 1 N–H and O–H groups in total. The maximum absolute atomic E-state index is 11.5. The van der Waals surface area contributed by atoms with Gasteiger partial charge in [-0.2, -0.15) is 0 Å². The van der Waals surface area contributed by atoms with Crippen molar-refractivity contribution in [1.29, 1.82) is 0 Å². The van der Waals surface area contributed by atoms with Crippen molar-refractivity contribution in [3.8, 4) is 5.75 Å². The Morgan fingerprint density at radius 3 is 2.75 bits per heavy atom. The van der Waals surface area contributed by atoms with Crippen molar-refractivity contribution in [2.45, 2.75) is 39.0 Å². The number of carboxylic acid groups (broad SMARTS) is 1. The molecule has 0 radical (unpaired) electrons. The zero-order valence-electron chi connectivity index (χ0n) is 12.1. The van der Waals surface area contributed by atoms with Gasteiger partial charge in [-0.05, 0) is 48.3 Å². The third-order valence-electron chi connectivity index (χ3n) is 4.31. The molecular weight excluding hydrogens is 276 g/mol. The van der Waals surface area contributed by atoms with Crippen LogP contribution in [-0.4, -0.2) is 18.2 Å². The molecule has 1 aliphatic rings. The van der Waals surface area contributed by atoms with E-state index in [9.17, 15) is 9.90 Å². The summed E-state index contributed by atoms with van der Waals surface area (Å²) in [7, 11) is 1.57. The number of hydrogen-bond donors (Lipinski definition) is 1. The maximum Gasteiger partial charge on any atom is 0.307 e. The molecule has 1 aliphatic carbocycles. The number of methoxy groups -OCH3 is 1. The molecule has 0 saturated heterocycles. The molecular formula is C16H21ClO3. The third-order valence-corrected chi connectivity index (χ3v) is 4.62. The molecule has 110 valence electrons. The van der Waals surface area contributed by atoms with Crippen LogP contribution in [0.15, 0.2) is 18.2 Å². The number of hydrogen-bond acceptors (Lipinski definition) is 2. The van der Waals surface area contributed by atoms with E-state index >= 15 is 0 Å². The van der Waals surface area contributed by atoms with Crippen molar-refractivity contribution in [3.05, 3.63) is 28.8 Å². The summed E-state index contributed by atoms with van der Waals surface area (Å²) in [6.45, 7) is 4.40. The summed E-state index contributed by atoms with van der Waals surface area (Å²) in [6, 6.07) is 5.59. The fourth-order valence-corrected chi connectivity index (χ4v) is 3.33. The molecule has 1 saturated carbocycles. The first kappa shape index (κ1) is 15.2. The predicted octanol–water partition coefficient (Wildman–Crippen LogP) is 4.34. The van der Waals surface area contributed by atoms with Gasteiger partial charge in [0.05, 0.1) is 18.1 Å². The number of aliphatic carboxylic acids is 1. The number of carboxylic acids is 1. The molecule has 0 spiro atoms. The first-order chi connectivity index (χ1) is 9.34. The van der Waals surface area contributed by atoms with E-state index in [2.05, 4.69) is 13.8 Å². The van der Waals surface area contributed by atoms with Gasteiger partial charge in [0.2, 0.25) is 0 Å². The highest BCUT2D eigenvalue weighted by molar-refractivity contribution is 6.32. The van der Waals surface area contributed by atoms with E-state index < -0.39 is 5.97 Å². The Morgan fingerprint density at radius 1 is 1.45 bits per heavy atom. The second-order valence-corrected chi connectivity index (χ2v) is 6.76. The minimum atomic E-state index is -0.709. The van der Waals surface area contributed by atoms with Crippen LogP contribution in [0.4, 0.5) is 0 Å². The van der Waals surface area contributed by atoms with Crippen molar-refractivity contribution >= 4 is 17.6 Å². The molecule has 20 heavy (non-hydrogen) atoms. The van der Waals surface area contributed by atoms with Crippen LogP contribution < -0.4 is 4.74 Å². The molecule has 2 unspecified atom stereocenters. The average Bonchev–Trinajstić information content (AvgIpc) is 2.37. The largest absolute Gasteiger partial charge is 0.495 e. The minimum absolute atomic E-state index is 0.0161. The summed E-state index contributed by atoms with van der Waals surface area (Å²) in [5, 5.41) is 10.0. The van der Waals surface area contributed by atoms with Gasteiger partial charge in [-0.1, -0.05) is 31.5 Å². The highest BCUT2D eigenvalue weighted by Gasteiger charge is 2.39. The van der Waals surface area contributed by atoms with E-state index in [1.165, 1.54) is 0 Å². The second-order valence-electron chi connectivity index (χ2n) is 6.35. The van der Waals surface area contributed by atoms with Crippen molar-refractivity contribution in [3.63, 3.8) is 0 Å². The van der Waals surface area contributed by atoms with Crippen molar-refractivity contribution in [1.82, 2.24) is 0 Å². The summed E-state index contributed by atoms with van der Waals surface area (Å²) >= 11 is 6.05. The fourth-order valence-electron chi connectivity index (χ4n) is 3.14. The zero-order valence-corrected chi connectivity index (χ0v) is 12.9. The number of benzene rings is 1. The van der Waals surface area contributed by atoms with Gasteiger partial charge < -0.3 is 9.84 Å². The first-order valence-electron chi connectivity index (χ1n) is 6.90. The average molecular weight is 297 g/mol. The quantitative estimate of drug-likeness (QED) is 0.902. The minimum Gasteiger partial charge on any atom is -0.495 e. The van der Waals surface area contributed by atoms with Crippen LogP contribution in [0.2, 0.25) is 5.02 Å². The Bertz CT molecular complexity index is 510. The standard InChI is InChI=1S/C16H21ClO3/c1-16(2)7-6-11(15(18)19)12(9-16)10-4-5-13(17)14(8-10)20-3/h4-5,8,11-12H,6-7,9H2,1-3H3,(H,18,19). The lowest BCUT2D eigenvalue weighted by atomic mass is 9.65. The maximum atomic E-state index is 11.5. The van der Waals surface area contributed by atoms with Crippen LogP contribution in [0.1, 0.15) is 44.6 Å². The molecule has 0 aromatic heterocycles. The van der Waals surface area contributed by atoms with Gasteiger partial charge in [0, 0.05) is 0 Å². The fraction of sp³-hybridized carbons (Fsp3) is 0.562. The molecule has 3 nitrogen and oxygen atoms in total. The lowest BCUT2D eigenvalue weighted by Crippen LogP contribution is -2.33. The first-order valence-corrected chi connectivity index (χ1v) is 7.28. The SMILES string of the molecule is COc1cc(C2CC(C)(C)CCC2C(=O)O)ccc1Cl. The lowest BCUT2D eigenvalue weighted by molar-refractivity contribution is -0.144. The van der Waals surface area contributed by atoms with Gasteiger partial charge >= 0.3 is 5.97 Å². The molecule has 0 amide bonds. The van der Waals surface area contributed by atoms with Gasteiger partial charge in [0.15, 0.2) is 0 Å². The van der Waals surface area contributed by atoms with Crippen molar-refractivity contribution < 1.29 is 14.6 Å². The normalized spacial score (nSPS) is 25.2. The second kappa shape index (κ2) is 5.65. The molecule has 1 aromatic carbocycles. The van der Waals surface area contributed by atoms with Gasteiger partial charge in [-0.25, -0.2) is 0 Å². The Kier molecular flexibility index (Phi) is 4.28. The van der Waals surface area contributed by atoms with Gasteiger partial charge in [0.25, 0.3) is 0 Å². The summed E-state index contributed by atoms with van der Waals surface area (Å²) in [4.78, 5) is 11.5. The van der Waals surface area contributed by atoms with E-state index in [-0.39, 0.29) is 17.3 Å². The number of ether oxygens (including phenoxy) is 1. The predicted molar refractivity (Wildman–Crippen MR) is 79.5 cm³/mol. The molecule has 2 rings (SSSR count). The van der Waals surface area contributed by atoms with Crippen LogP contribution in [0.25, 0.3) is 0 Å². The Hall–Kier alpha value is -1.22. The van der Waals surface area contributed by atoms with Crippen LogP contribution in [-0.2, 0) is 4.79 Å². The molecule has 0 heterocycles. The van der Waals surface area contributed by atoms with E-state index in [4.69, 9.17) is 16.3 Å². The summed E-state index contributed by atoms with van der Waals surface area (Å²) in [5.41, 5.74) is 1.18. The van der Waals surface area contributed by atoms with Gasteiger partial charge in [-0.15, -0.1) is 0 Å². The molecule has 1 fully saturated rings. The highest BCUT2D eigenvalue weighted by atomic mass is 35.5. The number of halogens is 1. The van der Waals surface area contributed by atoms with E-state index in [1.54, 1.807) is 13.2 Å². The third kappa shape index (κ3) is 3.09. The van der Waals surface area contributed by atoms with Crippen LogP contribution in [0.5, 0.6) is 5.75 Å². The van der Waals surface area contributed by atoms with Crippen molar-refractivity contribution in [2.24, 2.45) is 11.3 Å². The van der Waals surface area contributed by atoms with Gasteiger partial charge in [0.1, 0.15) is 5.75 Å². The number of carbonyl (C=O) groups is 1. The van der Waals surface area contributed by atoms with Crippen molar-refractivity contribution in [2.75, 3.05) is 7.11 Å². The molecule has 4 heteroatoms. The molecule has 0 aliphatic heterocycles. The Balaban J connectivity index is 2.37.